The molecular formula is C16H21NO4. The largest absolute Gasteiger partial charge is 0.445 e. The van der Waals surface area contributed by atoms with Crippen molar-refractivity contribution < 1.29 is 19.1 Å². The lowest BCUT2D eigenvalue weighted by atomic mass is 10.2. The van der Waals surface area contributed by atoms with Crippen LogP contribution in [0.4, 0.5) is 4.79 Å². The molecule has 0 aliphatic rings. The van der Waals surface area contributed by atoms with Crippen LogP contribution < -0.4 is 5.32 Å². The number of benzene rings is 1. The van der Waals surface area contributed by atoms with Gasteiger partial charge in [-0.05, 0) is 26.3 Å². The van der Waals surface area contributed by atoms with Gasteiger partial charge in [-0.15, -0.1) is 0 Å². The van der Waals surface area contributed by atoms with Crippen molar-refractivity contribution in [2.75, 3.05) is 6.61 Å². The highest BCUT2D eigenvalue weighted by atomic mass is 16.5. The summed E-state index contributed by atoms with van der Waals surface area (Å²) in [6, 6.07) is 8.78. The van der Waals surface area contributed by atoms with Gasteiger partial charge < -0.3 is 14.8 Å². The smallest absolute Gasteiger partial charge is 0.408 e. The first-order valence-corrected chi connectivity index (χ1v) is 6.73. The van der Waals surface area contributed by atoms with E-state index in [-0.39, 0.29) is 18.8 Å². The maximum Gasteiger partial charge on any atom is 0.408 e. The van der Waals surface area contributed by atoms with Crippen molar-refractivity contribution in [3.63, 3.8) is 0 Å². The molecule has 0 saturated heterocycles. The highest BCUT2D eigenvalue weighted by molar-refractivity contribution is 5.68. The Bertz CT molecular complexity index is 487. The Morgan fingerprint density at radius 2 is 2.00 bits per heavy atom. The molecule has 1 aromatic rings. The first-order valence-electron chi connectivity index (χ1n) is 6.73. The quantitative estimate of drug-likeness (QED) is 0.818. The van der Waals surface area contributed by atoms with Gasteiger partial charge >= 0.3 is 6.09 Å². The molecule has 114 valence electrons. The highest BCUT2D eigenvalue weighted by Crippen LogP contribution is 2.07. The van der Waals surface area contributed by atoms with Gasteiger partial charge in [0, 0.05) is 6.08 Å². The average molecular weight is 291 g/mol. The third-order valence-electron chi connectivity index (χ3n) is 2.48. The Hall–Kier alpha value is -2.10. The van der Waals surface area contributed by atoms with Crippen LogP contribution in [0.2, 0.25) is 0 Å². The van der Waals surface area contributed by atoms with E-state index in [0.717, 1.165) is 5.56 Å². The van der Waals surface area contributed by atoms with Crippen molar-refractivity contribution in [3.8, 4) is 0 Å². The Morgan fingerprint density at radius 1 is 1.33 bits per heavy atom. The second-order valence-electron chi connectivity index (χ2n) is 5.52. The van der Waals surface area contributed by atoms with E-state index in [4.69, 9.17) is 9.47 Å². The Morgan fingerprint density at radius 3 is 2.57 bits per heavy atom. The zero-order valence-corrected chi connectivity index (χ0v) is 12.6. The normalized spacial score (nSPS) is 12.1. The third-order valence-corrected chi connectivity index (χ3v) is 2.48. The zero-order chi connectivity index (χ0) is 15.7. The molecule has 0 aromatic heterocycles. The Labute approximate surface area is 124 Å². The molecular weight excluding hydrogens is 270 g/mol. The second-order valence-corrected chi connectivity index (χ2v) is 5.52. The Kier molecular flexibility index (Phi) is 6.66. The highest BCUT2D eigenvalue weighted by Gasteiger charge is 2.16. The van der Waals surface area contributed by atoms with Crippen molar-refractivity contribution in [3.05, 3.63) is 42.0 Å². The van der Waals surface area contributed by atoms with Gasteiger partial charge in [-0.2, -0.15) is 0 Å². The van der Waals surface area contributed by atoms with Gasteiger partial charge in [-0.1, -0.05) is 30.3 Å². The fourth-order valence-corrected chi connectivity index (χ4v) is 1.47. The number of amides is 1. The minimum Gasteiger partial charge on any atom is -0.445 e. The molecule has 0 aliphatic heterocycles. The second kappa shape index (κ2) is 8.25. The van der Waals surface area contributed by atoms with Crippen LogP contribution in [0.15, 0.2) is 36.4 Å². The van der Waals surface area contributed by atoms with Crippen LogP contribution >= 0.6 is 0 Å². The van der Waals surface area contributed by atoms with E-state index in [1.165, 1.54) is 6.08 Å². The molecule has 1 atom stereocenters. The molecule has 1 rings (SSSR count). The third kappa shape index (κ3) is 7.92. The molecule has 0 saturated carbocycles. The number of nitrogens with one attached hydrogen (secondary N) is 1. The lowest BCUT2D eigenvalue weighted by molar-refractivity contribution is -0.00908. The number of carbonyl (C=O) groups is 1. The number of hydrogen-bond acceptors (Lipinski definition) is 4. The summed E-state index contributed by atoms with van der Waals surface area (Å²) >= 11 is 0. The fraction of sp³-hybridized carbons (Fsp3) is 0.438. The molecule has 5 nitrogen and oxygen atoms in total. The SMILES string of the molecule is CC(C)(C)OC[C@@H](C=C=O)NC(=O)OCc1ccccc1. The van der Waals surface area contributed by atoms with Crippen molar-refractivity contribution in [1.82, 2.24) is 5.32 Å². The summed E-state index contributed by atoms with van der Waals surface area (Å²) < 4.78 is 10.6. The molecule has 1 N–H and O–H groups in total. The monoisotopic (exact) mass is 291 g/mol. The molecule has 0 radical (unpaired) electrons. The summed E-state index contributed by atoms with van der Waals surface area (Å²) in [6.45, 7) is 6.02. The summed E-state index contributed by atoms with van der Waals surface area (Å²) in [5.74, 6) is 1.66. The van der Waals surface area contributed by atoms with E-state index in [9.17, 15) is 9.59 Å². The lowest BCUT2D eigenvalue weighted by Gasteiger charge is -2.22. The Balaban J connectivity index is 2.43. The molecule has 0 fully saturated rings. The standard InChI is InChI=1S/C16H21NO4/c1-16(2,3)21-12-14(9-10-18)17-15(19)20-11-13-7-5-4-6-8-13/h4-9,14H,11-12H2,1-3H3,(H,17,19)/t14-/m1/s1. The molecule has 0 bridgehead atoms. The maximum absolute atomic E-state index is 11.7. The van der Waals surface area contributed by atoms with Gasteiger partial charge in [0.25, 0.3) is 0 Å². The average Bonchev–Trinajstić information content (AvgIpc) is 2.43. The predicted molar refractivity (Wildman–Crippen MR) is 79.5 cm³/mol. The summed E-state index contributed by atoms with van der Waals surface area (Å²) in [7, 11) is 0. The molecule has 0 aliphatic carbocycles. The molecule has 0 heterocycles. The summed E-state index contributed by atoms with van der Waals surface area (Å²) in [6.07, 6.45) is 0.600. The van der Waals surface area contributed by atoms with Crippen molar-refractivity contribution in [1.29, 1.82) is 0 Å². The summed E-state index contributed by atoms with van der Waals surface area (Å²) in [5, 5.41) is 2.56. The maximum atomic E-state index is 11.7. The summed E-state index contributed by atoms with van der Waals surface area (Å²) in [4.78, 5) is 22.2. The number of hydrogen-bond donors (Lipinski definition) is 1. The van der Waals surface area contributed by atoms with E-state index in [1.807, 2.05) is 51.1 Å². The lowest BCUT2D eigenvalue weighted by Crippen LogP contribution is -2.39. The predicted octanol–water partition coefficient (Wildman–Crippen LogP) is 2.48. The number of carbonyl (C=O) groups excluding carboxylic acids is 2. The molecule has 0 unspecified atom stereocenters. The molecule has 1 aromatic carbocycles. The van der Waals surface area contributed by atoms with Crippen LogP contribution in [0.1, 0.15) is 26.3 Å². The van der Waals surface area contributed by atoms with Crippen LogP contribution in [-0.2, 0) is 20.9 Å². The van der Waals surface area contributed by atoms with Crippen LogP contribution in [0.5, 0.6) is 0 Å². The number of alkyl carbamates (subject to hydrolysis) is 1. The first-order chi connectivity index (χ1) is 9.90. The first kappa shape index (κ1) is 17.0. The topological polar surface area (TPSA) is 64.6 Å². The van der Waals surface area contributed by atoms with Gasteiger partial charge in [0.1, 0.15) is 12.5 Å². The van der Waals surface area contributed by atoms with Crippen LogP contribution in [0, 0.1) is 0 Å². The zero-order valence-electron chi connectivity index (χ0n) is 12.6. The molecule has 0 spiro atoms. The van der Waals surface area contributed by atoms with Gasteiger partial charge in [0.2, 0.25) is 0 Å². The molecule has 1 amide bonds. The van der Waals surface area contributed by atoms with Crippen molar-refractivity contribution in [2.24, 2.45) is 0 Å². The van der Waals surface area contributed by atoms with Crippen LogP contribution in [0.25, 0.3) is 0 Å². The minimum absolute atomic E-state index is 0.171. The van der Waals surface area contributed by atoms with Crippen LogP contribution in [-0.4, -0.2) is 30.3 Å². The van der Waals surface area contributed by atoms with Gasteiger partial charge in [0.15, 0.2) is 0 Å². The number of ether oxygens (including phenoxy) is 2. The molecule has 5 heteroatoms. The van der Waals surface area contributed by atoms with Crippen molar-refractivity contribution in [2.45, 2.75) is 39.0 Å². The van der Waals surface area contributed by atoms with Gasteiger partial charge in [-0.3, -0.25) is 0 Å². The van der Waals surface area contributed by atoms with E-state index >= 15 is 0 Å². The van der Waals surface area contributed by atoms with E-state index in [2.05, 4.69) is 5.32 Å². The van der Waals surface area contributed by atoms with E-state index in [0.29, 0.717) is 0 Å². The summed E-state index contributed by atoms with van der Waals surface area (Å²) in [5.41, 5.74) is 0.533. The van der Waals surface area contributed by atoms with E-state index in [1.54, 1.807) is 5.94 Å². The van der Waals surface area contributed by atoms with Gasteiger partial charge in [0.05, 0.1) is 18.2 Å². The number of rotatable bonds is 6. The van der Waals surface area contributed by atoms with Crippen LogP contribution in [0.3, 0.4) is 0 Å². The minimum atomic E-state index is -0.604. The van der Waals surface area contributed by atoms with Gasteiger partial charge in [-0.25, -0.2) is 9.59 Å². The van der Waals surface area contributed by atoms with Crippen molar-refractivity contribution >= 4 is 12.0 Å². The van der Waals surface area contributed by atoms with E-state index < -0.39 is 12.1 Å². The molecule has 21 heavy (non-hydrogen) atoms. The fourth-order valence-electron chi connectivity index (χ4n) is 1.47.